The summed E-state index contributed by atoms with van der Waals surface area (Å²) in [6.07, 6.45) is 0.658. The number of carbonyl (C=O) groups is 1. The SMILES string of the molecule is CC(C)(C)OC(=O)N1CC[C@H](Oc2nc3c(Nc4ccc(C#N)c(Cl)c4F)ncnc3cc2F)C1. The number of hydrogen-bond acceptors (Lipinski definition) is 8. The highest BCUT2D eigenvalue weighted by molar-refractivity contribution is 6.32. The van der Waals surface area contributed by atoms with Crippen molar-refractivity contribution < 1.29 is 23.0 Å². The molecule has 1 amide bonds. The van der Waals surface area contributed by atoms with Crippen LogP contribution >= 0.6 is 11.6 Å². The summed E-state index contributed by atoms with van der Waals surface area (Å²) in [4.78, 5) is 26.1. The molecule has 1 saturated heterocycles. The zero-order chi connectivity index (χ0) is 25.3. The summed E-state index contributed by atoms with van der Waals surface area (Å²) in [6, 6.07) is 5.62. The van der Waals surface area contributed by atoms with Crippen molar-refractivity contribution in [1.82, 2.24) is 19.9 Å². The number of benzene rings is 1. The Kier molecular flexibility index (Phi) is 6.58. The van der Waals surface area contributed by atoms with E-state index in [9.17, 15) is 13.6 Å². The summed E-state index contributed by atoms with van der Waals surface area (Å²) in [5.41, 5.74) is -0.411. The van der Waals surface area contributed by atoms with Crippen LogP contribution in [-0.2, 0) is 4.74 Å². The van der Waals surface area contributed by atoms with E-state index in [4.69, 9.17) is 26.3 Å². The number of carbonyl (C=O) groups excluding carboxylic acids is 1. The zero-order valence-corrected chi connectivity index (χ0v) is 19.9. The minimum absolute atomic E-state index is 0.0184. The fourth-order valence-corrected chi connectivity index (χ4v) is 3.66. The number of ether oxygens (including phenoxy) is 2. The van der Waals surface area contributed by atoms with Gasteiger partial charge in [-0.3, -0.25) is 0 Å². The lowest BCUT2D eigenvalue weighted by Crippen LogP contribution is -2.36. The molecule has 0 bridgehead atoms. The largest absolute Gasteiger partial charge is 0.470 e. The number of hydrogen-bond donors (Lipinski definition) is 1. The predicted octanol–water partition coefficient (Wildman–Crippen LogP) is 4.96. The van der Waals surface area contributed by atoms with Gasteiger partial charge in [0.15, 0.2) is 17.5 Å². The number of nitrogens with one attached hydrogen (secondary N) is 1. The van der Waals surface area contributed by atoms with Crippen molar-refractivity contribution in [3.63, 3.8) is 0 Å². The van der Waals surface area contributed by atoms with Crippen molar-refractivity contribution in [2.24, 2.45) is 0 Å². The molecule has 1 N–H and O–H groups in total. The lowest BCUT2D eigenvalue weighted by atomic mass is 10.2. The van der Waals surface area contributed by atoms with Crippen LogP contribution in [0.5, 0.6) is 5.88 Å². The Balaban J connectivity index is 1.57. The van der Waals surface area contributed by atoms with Crippen LogP contribution in [0.2, 0.25) is 5.02 Å². The molecule has 4 rings (SSSR count). The maximum atomic E-state index is 14.7. The number of rotatable bonds is 4. The van der Waals surface area contributed by atoms with Gasteiger partial charge in [0.25, 0.3) is 5.88 Å². The van der Waals surface area contributed by atoms with Gasteiger partial charge in [-0.1, -0.05) is 11.6 Å². The highest BCUT2D eigenvalue weighted by Crippen LogP contribution is 2.31. The third-order valence-corrected chi connectivity index (χ3v) is 5.43. The van der Waals surface area contributed by atoms with Crippen LogP contribution in [0.4, 0.5) is 25.1 Å². The standard InChI is InChI=1S/C23H21ClF2N6O3/c1-23(2,3)35-22(33)32-7-6-13(10-32)34-21-14(25)8-16-19(31-21)20(29-11-28-16)30-15-5-4-12(9-27)17(24)18(15)26/h4-5,8,11,13H,6-7,10H2,1-3H3,(H,28,29,30)/t13-/m0/s1. The summed E-state index contributed by atoms with van der Waals surface area (Å²) < 4.78 is 40.5. The van der Waals surface area contributed by atoms with Crippen molar-refractivity contribution in [2.75, 3.05) is 18.4 Å². The number of halogens is 3. The van der Waals surface area contributed by atoms with Crippen LogP contribution in [0, 0.1) is 23.0 Å². The summed E-state index contributed by atoms with van der Waals surface area (Å²) in [5.74, 6) is -1.80. The highest BCUT2D eigenvalue weighted by atomic mass is 35.5. The summed E-state index contributed by atoms with van der Waals surface area (Å²) in [7, 11) is 0. The molecule has 0 unspecified atom stereocenters. The van der Waals surface area contributed by atoms with Gasteiger partial charge in [-0.05, 0) is 32.9 Å². The minimum atomic E-state index is -0.843. The summed E-state index contributed by atoms with van der Waals surface area (Å²) >= 11 is 5.90. The Hall–Kier alpha value is -3.78. The maximum Gasteiger partial charge on any atom is 0.410 e. The zero-order valence-electron chi connectivity index (χ0n) is 19.1. The molecule has 0 saturated carbocycles. The second-order valence-corrected chi connectivity index (χ2v) is 9.22. The third-order valence-electron chi connectivity index (χ3n) is 5.06. The Bertz CT molecular complexity index is 1340. The van der Waals surface area contributed by atoms with Gasteiger partial charge in [-0.15, -0.1) is 0 Å². The van der Waals surface area contributed by atoms with E-state index in [0.717, 1.165) is 6.07 Å². The predicted molar refractivity (Wildman–Crippen MR) is 124 cm³/mol. The van der Waals surface area contributed by atoms with Crippen molar-refractivity contribution >= 4 is 40.2 Å². The normalized spacial score (nSPS) is 15.7. The lowest BCUT2D eigenvalue weighted by molar-refractivity contribution is 0.0274. The molecule has 3 aromatic rings. The van der Waals surface area contributed by atoms with Gasteiger partial charge in [0.05, 0.1) is 28.3 Å². The molecule has 0 spiro atoms. The second kappa shape index (κ2) is 9.46. The van der Waals surface area contributed by atoms with E-state index in [2.05, 4.69) is 20.3 Å². The number of fused-ring (bicyclic) bond motifs is 1. The fourth-order valence-electron chi connectivity index (χ4n) is 3.45. The quantitative estimate of drug-likeness (QED) is 0.532. The van der Waals surface area contributed by atoms with Crippen molar-refractivity contribution in [1.29, 1.82) is 5.26 Å². The molecule has 182 valence electrons. The lowest BCUT2D eigenvalue weighted by Gasteiger charge is -2.24. The highest BCUT2D eigenvalue weighted by Gasteiger charge is 2.32. The number of nitriles is 1. The first-order valence-corrected chi connectivity index (χ1v) is 11.0. The molecule has 1 aliphatic rings. The van der Waals surface area contributed by atoms with E-state index in [-0.39, 0.29) is 45.5 Å². The van der Waals surface area contributed by atoms with Crippen LogP contribution < -0.4 is 10.1 Å². The van der Waals surface area contributed by atoms with Crippen LogP contribution in [0.15, 0.2) is 24.5 Å². The Morgan fingerprint density at radius 3 is 2.80 bits per heavy atom. The molecule has 1 fully saturated rings. The molecule has 9 nitrogen and oxygen atoms in total. The number of aromatic nitrogens is 3. The van der Waals surface area contributed by atoms with Gasteiger partial charge in [0, 0.05) is 19.0 Å². The Morgan fingerprint density at radius 1 is 1.31 bits per heavy atom. The fraction of sp³-hybridized carbons (Fsp3) is 0.348. The Labute approximate surface area is 204 Å². The number of pyridine rings is 1. The number of nitrogens with zero attached hydrogens (tertiary/aromatic N) is 5. The van der Waals surface area contributed by atoms with Gasteiger partial charge in [0.1, 0.15) is 29.6 Å². The third kappa shape index (κ3) is 5.33. The average Bonchev–Trinajstić information content (AvgIpc) is 3.26. The van der Waals surface area contributed by atoms with E-state index in [1.807, 2.05) is 0 Å². The molecule has 12 heteroatoms. The van der Waals surface area contributed by atoms with E-state index in [1.165, 1.54) is 23.4 Å². The van der Waals surface area contributed by atoms with Crippen molar-refractivity contribution in [2.45, 2.75) is 38.9 Å². The topological polar surface area (TPSA) is 113 Å². The molecular formula is C23H21ClF2N6O3. The number of amides is 1. The van der Waals surface area contributed by atoms with E-state index < -0.39 is 29.4 Å². The Morgan fingerprint density at radius 2 is 2.09 bits per heavy atom. The smallest absolute Gasteiger partial charge is 0.410 e. The van der Waals surface area contributed by atoms with Gasteiger partial charge in [-0.25, -0.2) is 28.5 Å². The molecule has 1 aliphatic heterocycles. The molecule has 2 aromatic heterocycles. The summed E-state index contributed by atoms with van der Waals surface area (Å²) in [5, 5.41) is 11.4. The monoisotopic (exact) mass is 502 g/mol. The van der Waals surface area contributed by atoms with Crippen LogP contribution in [0.3, 0.4) is 0 Å². The second-order valence-electron chi connectivity index (χ2n) is 8.85. The van der Waals surface area contributed by atoms with E-state index in [0.29, 0.717) is 13.0 Å². The van der Waals surface area contributed by atoms with Gasteiger partial charge < -0.3 is 19.7 Å². The van der Waals surface area contributed by atoms with Gasteiger partial charge >= 0.3 is 6.09 Å². The number of likely N-dealkylation sites (tertiary alicyclic amines) is 1. The van der Waals surface area contributed by atoms with E-state index in [1.54, 1.807) is 26.8 Å². The van der Waals surface area contributed by atoms with Crippen molar-refractivity contribution in [3.05, 3.63) is 46.7 Å². The van der Waals surface area contributed by atoms with Crippen LogP contribution in [0.25, 0.3) is 11.0 Å². The molecule has 35 heavy (non-hydrogen) atoms. The molecule has 1 atom stereocenters. The van der Waals surface area contributed by atoms with Crippen LogP contribution in [0.1, 0.15) is 32.8 Å². The maximum absolute atomic E-state index is 14.7. The molecular weight excluding hydrogens is 482 g/mol. The first-order chi connectivity index (χ1) is 16.6. The average molecular weight is 503 g/mol. The molecule has 3 heterocycles. The number of anilines is 2. The summed E-state index contributed by atoms with van der Waals surface area (Å²) in [6.45, 7) is 5.92. The molecule has 1 aromatic carbocycles. The molecule has 0 radical (unpaired) electrons. The van der Waals surface area contributed by atoms with Gasteiger partial charge in [0.2, 0.25) is 0 Å². The first kappa shape index (κ1) is 24.3. The van der Waals surface area contributed by atoms with E-state index >= 15 is 0 Å². The van der Waals surface area contributed by atoms with Crippen LogP contribution in [-0.4, -0.2) is 50.7 Å². The minimum Gasteiger partial charge on any atom is -0.470 e. The van der Waals surface area contributed by atoms with Gasteiger partial charge in [-0.2, -0.15) is 5.26 Å². The molecule has 0 aliphatic carbocycles. The first-order valence-electron chi connectivity index (χ1n) is 10.7. The van der Waals surface area contributed by atoms with Crippen molar-refractivity contribution in [3.8, 4) is 11.9 Å².